The van der Waals surface area contributed by atoms with Crippen LogP contribution in [0.4, 0.5) is 13.2 Å². The number of ether oxygens (including phenoxy) is 1. The molecule has 3 atom stereocenters. The van der Waals surface area contributed by atoms with Gasteiger partial charge in [0.25, 0.3) is 0 Å². The fraction of sp³-hybridized carbons (Fsp3) is 0.957. The Balaban J connectivity index is 5.12. The molecular formula is C23H44F3NO3S. The summed E-state index contributed by atoms with van der Waals surface area (Å²) in [7, 11) is -1.97. The van der Waals surface area contributed by atoms with Crippen LogP contribution in [0, 0.1) is 5.92 Å². The van der Waals surface area contributed by atoms with E-state index in [4.69, 9.17) is 4.74 Å². The molecule has 0 saturated heterocycles. The highest BCUT2D eigenvalue weighted by atomic mass is 32.2. The normalized spacial score (nSPS) is 16.1. The molecule has 0 fully saturated rings. The van der Waals surface area contributed by atoms with Crippen molar-refractivity contribution in [1.29, 1.82) is 0 Å². The predicted octanol–water partition coefficient (Wildman–Crippen LogP) is 6.85. The van der Waals surface area contributed by atoms with E-state index in [1.54, 1.807) is 41.5 Å². The number of halogens is 3. The monoisotopic (exact) mass is 471 g/mol. The molecule has 0 radical (unpaired) electrons. The molecular weight excluding hydrogens is 427 g/mol. The first-order chi connectivity index (χ1) is 14.1. The average Bonchev–Trinajstić information content (AvgIpc) is 2.58. The van der Waals surface area contributed by atoms with E-state index in [0.29, 0.717) is 6.42 Å². The molecule has 0 aromatic rings. The molecule has 0 unspecified atom stereocenters. The number of unbranched alkanes of at least 4 members (excludes halogenated alkanes) is 8. The molecule has 8 heteroatoms. The second-order valence-corrected chi connectivity index (χ2v) is 12.3. The Labute approximate surface area is 190 Å². The minimum absolute atomic E-state index is 0.0449. The average molecular weight is 472 g/mol. The quantitative estimate of drug-likeness (QED) is 0.223. The smallest absolute Gasteiger partial charge is 0.405 e. The molecule has 0 aliphatic heterocycles. The summed E-state index contributed by atoms with van der Waals surface area (Å²) in [6, 6.07) is -2.21. The Bertz CT molecular complexity index is 540. The van der Waals surface area contributed by atoms with Crippen LogP contribution in [-0.4, -0.2) is 32.7 Å². The van der Waals surface area contributed by atoms with E-state index in [1.807, 2.05) is 0 Å². The maximum Gasteiger partial charge on any atom is 0.405 e. The summed E-state index contributed by atoms with van der Waals surface area (Å²) in [5.74, 6) is -2.33. The molecule has 0 aromatic heterocycles. The summed E-state index contributed by atoms with van der Waals surface area (Å²) in [4.78, 5) is 12.7. The van der Waals surface area contributed by atoms with Gasteiger partial charge in [-0.25, -0.2) is 8.93 Å². The van der Waals surface area contributed by atoms with Gasteiger partial charge in [0.1, 0.15) is 11.6 Å². The summed E-state index contributed by atoms with van der Waals surface area (Å²) in [5.41, 5.74) is -0.896. The Morgan fingerprint density at radius 3 is 1.71 bits per heavy atom. The standard InChI is InChI=1S/C23H44F3NO3S/c1-8-9-10-11-12-13-14-15-16-17-18(20(28)30-21(2,3)4)19(23(24,25)26)27-31(29)22(5,6)7/h18-19,27H,8-17H2,1-7H3/t18-,19-,31-/m1/s1. The van der Waals surface area contributed by atoms with Crippen molar-refractivity contribution in [1.82, 2.24) is 4.72 Å². The van der Waals surface area contributed by atoms with Crippen LogP contribution in [0.25, 0.3) is 0 Å². The van der Waals surface area contributed by atoms with Gasteiger partial charge in [-0.2, -0.15) is 13.2 Å². The molecule has 0 rings (SSSR count). The number of alkyl halides is 3. The predicted molar refractivity (Wildman–Crippen MR) is 122 cm³/mol. The number of carbonyl (C=O) groups excluding carboxylic acids is 1. The van der Waals surface area contributed by atoms with Crippen LogP contribution in [0.5, 0.6) is 0 Å². The second-order valence-electron chi connectivity index (χ2n) is 10.3. The third-order valence-electron chi connectivity index (χ3n) is 4.87. The zero-order valence-corrected chi connectivity index (χ0v) is 21.3. The van der Waals surface area contributed by atoms with Crippen LogP contribution in [0.1, 0.15) is 113 Å². The Morgan fingerprint density at radius 2 is 1.32 bits per heavy atom. The van der Waals surface area contributed by atoms with Gasteiger partial charge in [0.2, 0.25) is 0 Å². The number of nitrogens with one attached hydrogen (secondary N) is 1. The topological polar surface area (TPSA) is 55.4 Å². The molecule has 0 saturated carbocycles. The lowest BCUT2D eigenvalue weighted by atomic mass is 9.92. The minimum Gasteiger partial charge on any atom is -0.460 e. The van der Waals surface area contributed by atoms with Crippen molar-refractivity contribution < 1.29 is 26.9 Å². The Kier molecular flexibility index (Phi) is 13.5. The second kappa shape index (κ2) is 13.8. The molecule has 0 spiro atoms. The van der Waals surface area contributed by atoms with E-state index in [2.05, 4.69) is 11.6 Å². The van der Waals surface area contributed by atoms with Crippen LogP contribution >= 0.6 is 0 Å². The summed E-state index contributed by atoms with van der Waals surface area (Å²) in [5, 5.41) is 0. The van der Waals surface area contributed by atoms with Crippen molar-refractivity contribution in [2.24, 2.45) is 5.92 Å². The van der Waals surface area contributed by atoms with Crippen LogP contribution in [0.15, 0.2) is 0 Å². The van der Waals surface area contributed by atoms with E-state index in [-0.39, 0.29) is 6.42 Å². The van der Waals surface area contributed by atoms with Crippen molar-refractivity contribution in [2.45, 2.75) is 135 Å². The highest BCUT2D eigenvalue weighted by molar-refractivity contribution is 7.84. The van der Waals surface area contributed by atoms with Gasteiger partial charge >= 0.3 is 12.1 Å². The first kappa shape index (κ1) is 30.4. The fourth-order valence-corrected chi connectivity index (χ4v) is 4.02. The first-order valence-corrected chi connectivity index (χ1v) is 12.7. The lowest BCUT2D eigenvalue weighted by Crippen LogP contribution is -2.54. The van der Waals surface area contributed by atoms with Crippen molar-refractivity contribution in [3.05, 3.63) is 0 Å². The third kappa shape index (κ3) is 14.2. The lowest BCUT2D eigenvalue weighted by Gasteiger charge is -2.32. The van der Waals surface area contributed by atoms with Crippen molar-refractivity contribution >= 4 is 17.0 Å². The molecule has 0 aromatic carbocycles. The van der Waals surface area contributed by atoms with E-state index in [9.17, 15) is 22.2 Å². The Morgan fingerprint density at radius 1 is 0.871 bits per heavy atom. The molecule has 0 heterocycles. The largest absolute Gasteiger partial charge is 0.460 e. The molecule has 186 valence electrons. The van der Waals surface area contributed by atoms with Gasteiger partial charge in [-0.15, -0.1) is 0 Å². The summed E-state index contributed by atoms with van der Waals surface area (Å²) >= 11 is 0. The van der Waals surface area contributed by atoms with Gasteiger partial charge in [0.15, 0.2) is 0 Å². The zero-order chi connectivity index (χ0) is 24.3. The molecule has 31 heavy (non-hydrogen) atoms. The van der Waals surface area contributed by atoms with E-state index < -0.39 is 45.4 Å². The van der Waals surface area contributed by atoms with Gasteiger partial charge in [-0.3, -0.25) is 4.79 Å². The first-order valence-electron chi connectivity index (χ1n) is 11.6. The molecule has 0 aliphatic carbocycles. The molecule has 4 nitrogen and oxygen atoms in total. The number of hydrogen-bond acceptors (Lipinski definition) is 3. The summed E-state index contributed by atoms with van der Waals surface area (Å²) < 4.78 is 60.7. The minimum atomic E-state index is -4.72. The molecule has 1 N–H and O–H groups in total. The van der Waals surface area contributed by atoms with E-state index in [1.165, 1.54) is 25.7 Å². The van der Waals surface area contributed by atoms with E-state index in [0.717, 1.165) is 25.7 Å². The summed E-state index contributed by atoms with van der Waals surface area (Å²) in [6.45, 7) is 11.8. The van der Waals surface area contributed by atoms with Crippen LogP contribution in [-0.2, 0) is 20.5 Å². The van der Waals surface area contributed by atoms with Crippen molar-refractivity contribution in [3.8, 4) is 0 Å². The van der Waals surface area contributed by atoms with Crippen molar-refractivity contribution in [2.75, 3.05) is 0 Å². The molecule has 0 aliphatic rings. The maximum atomic E-state index is 13.9. The summed E-state index contributed by atoms with van der Waals surface area (Å²) in [6.07, 6.45) is 4.54. The maximum absolute atomic E-state index is 13.9. The van der Waals surface area contributed by atoms with Crippen LogP contribution in [0.3, 0.4) is 0 Å². The SMILES string of the molecule is CCCCCCCCCCC[C@@H](C(=O)OC(C)(C)C)[C@@H](N[S@](=O)C(C)(C)C)C(F)(F)F. The fourth-order valence-electron chi connectivity index (χ4n) is 3.14. The van der Waals surface area contributed by atoms with Crippen LogP contribution in [0.2, 0.25) is 0 Å². The lowest BCUT2D eigenvalue weighted by molar-refractivity contribution is -0.185. The zero-order valence-electron chi connectivity index (χ0n) is 20.5. The van der Waals surface area contributed by atoms with Crippen LogP contribution < -0.4 is 4.72 Å². The van der Waals surface area contributed by atoms with Gasteiger partial charge in [0.05, 0.1) is 21.7 Å². The van der Waals surface area contributed by atoms with Gasteiger partial charge in [0, 0.05) is 0 Å². The number of hydrogen-bond donors (Lipinski definition) is 1. The molecule has 0 bridgehead atoms. The third-order valence-corrected chi connectivity index (χ3v) is 6.45. The van der Waals surface area contributed by atoms with Gasteiger partial charge < -0.3 is 4.74 Å². The highest BCUT2D eigenvalue weighted by Gasteiger charge is 2.49. The van der Waals surface area contributed by atoms with E-state index >= 15 is 0 Å². The van der Waals surface area contributed by atoms with Crippen molar-refractivity contribution in [3.63, 3.8) is 0 Å². The van der Waals surface area contributed by atoms with Gasteiger partial charge in [-0.1, -0.05) is 64.7 Å². The number of rotatable bonds is 14. The number of esters is 1. The highest BCUT2D eigenvalue weighted by Crippen LogP contribution is 2.32. The number of carbonyl (C=O) groups is 1. The van der Waals surface area contributed by atoms with Gasteiger partial charge in [-0.05, 0) is 48.0 Å². The Hall–Kier alpha value is -0.630. The molecule has 0 amide bonds.